The fraction of sp³-hybridized carbons (Fsp3) is 0.706. The van der Waals surface area contributed by atoms with Crippen LogP contribution in [0, 0.1) is 12.8 Å². The van der Waals surface area contributed by atoms with E-state index >= 15 is 0 Å². The van der Waals surface area contributed by atoms with Crippen molar-refractivity contribution >= 4 is 17.5 Å². The van der Waals surface area contributed by atoms with Crippen LogP contribution in [0.1, 0.15) is 25.6 Å². The van der Waals surface area contributed by atoms with Crippen LogP contribution in [0.25, 0.3) is 0 Å². The third-order valence-electron chi connectivity index (χ3n) is 4.67. The predicted octanol–water partition coefficient (Wildman–Crippen LogP) is 1.29. The van der Waals surface area contributed by atoms with Crippen molar-refractivity contribution in [3.63, 3.8) is 0 Å². The summed E-state index contributed by atoms with van der Waals surface area (Å²) in [7, 11) is 0. The minimum atomic E-state index is 0.145. The topological polar surface area (TPSA) is 70.6 Å². The van der Waals surface area contributed by atoms with Gasteiger partial charge in [0.05, 0.1) is 0 Å². The molecule has 3 heterocycles. The highest BCUT2D eigenvalue weighted by Crippen LogP contribution is 2.21. The summed E-state index contributed by atoms with van der Waals surface area (Å²) in [6.45, 7) is 9.38. The predicted molar refractivity (Wildman–Crippen MR) is 93.3 cm³/mol. The van der Waals surface area contributed by atoms with Gasteiger partial charge in [0.15, 0.2) is 0 Å². The van der Waals surface area contributed by atoms with Gasteiger partial charge in [0.1, 0.15) is 17.5 Å². The van der Waals surface area contributed by atoms with Crippen LogP contribution >= 0.6 is 0 Å². The van der Waals surface area contributed by atoms with Gasteiger partial charge in [-0.3, -0.25) is 4.79 Å². The number of carbonyl (C=O) groups is 1. The SMILES string of the molecule is CCNc1cc(N2CCN(C(=O)C3CCOCC3)CC2)nc(C)n1. The number of nitrogens with zero attached hydrogens (tertiary/aromatic N) is 4. The Morgan fingerprint density at radius 2 is 1.96 bits per heavy atom. The Balaban J connectivity index is 1.59. The first-order chi connectivity index (χ1) is 11.7. The molecular formula is C17H27N5O2. The van der Waals surface area contributed by atoms with Gasteiger partial charge in [-0.05, 0) is 26.7 Å². The van der Waals surface area contributed by atoms with Gasteiger partial charge in [0, 0.05) is 57.9 Å². The zero-order chi connectivity index (χ0) is 16.9. The van der Waals surface area contributed by atoms with E-state index in [9.17, 15) is 4.79 Å². The second-order valence-electron chi connectivity index (χ2n) is 6.39. The zero-order valence-corrected chi connectivity index (χ0v) is 14.6. The fourth-order valence-electron chi connectivity index (χ4n) is 3.34. The molecule has 2 aliphatic heterocycles. The molecule has 2 fully saturated rings. The Labute approximate surface area is 143 Å². The van der Waals surface area contributed by atoms with Crippen LogP contribution in [0.3, 0.4) is 0 Å². The van der Waals surface area contributed by atoms with Crippen molar-refractivity contribution in [2.75, 3.05) is 56.2 Å². The first-order valence-corrected chi connectivity index (χ1v) is 8.88. The molecule has 24 heavy (non-hydrogen) atoms. The second kappa shape index (κ2) is 7.79. The van der Waals surface area contributed by atoms with E-state index in [-0.39, 0.29) is 5.92 Å². The summed E-state index contributed by atoms with van der Waals surface area (Å²) in [5.74, 6) is 3.01. The molecule has 1 aromatic heterocycles. The molecule has 0 atom stereocenters. The molecule has 0 saturated carbocycles. The summed E-state index contributed by atoms with van der Waals surface area (Å²) in [4.78, 5) is 25.8. The summed E-state index contributed by atoms with van der Waals surface area (Å²) < 4.78 is 5.36. The smallest absolute Gasteiger partial charge is 0.225 e. The molecule has 0 aromatic carbocycles. The second-order valence-corrected chi connectivity index (χ2v) is 6.39. The number of piperazine rings is 1. The summed E-state index contributed by atoms with van der Waals surface area (Å²) >= 11 is 0. The molecule has 7 nitrogen and oxygen atoms in total. The Bertz CT molecular complexity index is 566. The number of nitrogens with one attached hydrogen (secondary N) is 1. The Kier molecular flexibility index (Phi) is 5.50. The lowest BCUT2D eigenvalue weighted by Gasteiger charge is -2.37. The molecule has 7 heteroatoms. The molecule has 1 aromatic rings. The molecule has 0 aliphatic carbocycles. The number of anilines is 2. The molecule has 2 saturated heterocycles. The van der Waals surface area contributed by atoms with E-state index in [2.05, 4.69) is 27.1 Å². The van der Waals surface area contributed by atoms with E-state index in [1.165, 1.54) is 0 Å². The van der Waals surface area contributed by atoms with Gasteiger partial charge in [-0.2, -0.15) is 0 Å². The van der Waals surface area contributed by atoms with Crippen LogP contribution in [0.5, 0.6) is 0 Å². The Hall–Kier alpha value is -1.89. The molecule has 3 rings (SSSR count). The largest absolute Gasteiger partial charge is 0.381 e. The van der Waals surface area contributed by atoms with E-state index < -0.39 is 0 Å². The normalized spacial score (nSPS) is 19.4. The summed E-state index contributed by atoms with van der Waals surface area (Å²) in [5, 5.41) is 3.24. The van der Waals surface area contributed by atoms with Gasteiger partial charge in [0.2, 0.25) is 5.91 Å². The molecule has 0 bridgehead atoms. The highest BCUT2D eigenvalue weighted by molar-refractivity contribution is 5.79. The zero-order valence-electron chi connectivity index (χ0n) is 14.6. The molecule has 2 aliphatic rings. The quantitative estimate of drug-likeness (QED) is 0.895. The van der Waals surface area contributed by atoms with Crippen molar-refractivity contribution in [2.24, 2.45) is 5.92 Å². The van der Waals surface area contributed by atoms with Crippen molar-refractivity contribution in [1.29, 1.82) is 0 Å². The van der Waals surface area contributed by atoms with Crippen LogP contribution < -0.4 is 10.2 Å². The van der Waals surface area contributed by atoms with Crippen LogP contribution in [0.2, 0.25) is 0 Å². The van der Waals surface area contributed by atoms with Crippen molar-refractivity contribution in [2.45, 2.75) is 26.7 Å². The first kappa shape index (κ1) is 17.0. The molecule has 1 N–H and O–H groups in total. The minimum Gasteiger partial charge on any atom is -0.381 e. The van der Waals surface area contributed by atoms with Crippen LogP contribution in [-0.4, -0.2) is 66.7 Å². The van der Waals surface area contributed by atoms with E-state index in [1.807, 2.05) is 17.9 Å². The van der Waals surface area contributed by atoms with E-state index in [0.29, 0.717) is 19.1 Å². The first-order valence-electron chi connectivity index (χ1n) is 8.88. The number of hydrogen-bond donors (Lipinski definition) is 1. The number of rotatable bonds is 4. The maximum absolute atomic E-state index is 12.6. The van der Waals surface area contributed by atoms with Gasteiger partial charge in [-0.1, -0.05) is 0 Å². The summed E-state index contributed by atoms with van der Waals surface area (Å²) in [6.07, 6.45) is 1.71. The maximum atomic E-state index is 12.6. The van der Waals surface area contributed by atoms with Crippen molar-refractivity contribution in [3.05, 3.63) is 11.9 Å². The van der Waals surface area contributed by atoms with Crippen LogP contribution in [-0.2, 0) is 9.53 Å². The molecule has 0 spiro atoms. The van der Waals surface area contributed by atoms with Crippen molar-refractivity contribution in [3.8, 4) is 0 Å². The van der Waals surface area contributed by atoms with Gasteiger partial charge < -0.3 is 19.9 Å². The number of aryl methyl sites for hydroxylation is 1. The Morgan fingerprint density at radius 3 is 2.62 bits per heavy atom. The van der Waals surface area contributed by atoms with E-state index in [0.717, 1.165) is 63.0 Å². The third-order valence-corrected chi connectivity index (χ3v) is 4.67. The number of ether oxygens (including phenoxy) is 1. The molecule has 1 amide bonds. The third kappa shape index (κ3) is 3.95. The highest BCUT2D eigenvalue weighted by atomic mass is 16.5. The highest BCUT2D eigenvalue weighted by Gasteiger charge is 2.29. The fourth-order valence-corrected chi connectivity index (χ4v) is 3.34. The van der Waals surface area contributed by atoms with Crippen LogP contribution in [0.4, 0.5) is 11.6 Å². The minimum absolute atomic E-state index is 0.145. The average molecular weight is 333 g/mol. The summed E-state index contributed by atoms with van der Waals surface area (Å²) in [6, 6.07) is 1.99. The molecule has 0 unspecified atom stereocenters. The van der Waals surface area contributed by atoms with E-state index in [1.54, 1.807) is 0 Å². The molecule has 132 valence electrons. The van der Waals surface area contributed by atoms with Crippen molar-refractivity contribution in [1.82, 2.24) is 14.9 Å². The number of carbonyl (C=O) groups excluding carboxylic acids is 1. The molecular weight excluding hydrogens is 306 g/mol. The van der Waals surface area contributed by atoms with Crippen molar-refractivity contribution < 1.29 is 9.53 Å². The van der Waals surface area contributed by atoms with Gasteiger partial charge in [-0.15, -0.1) is 0 Å². The lowest BCUT2D eigenvalue weighted by atomic mass is 9.98. The lowest BCUT2D eigenvalue weighted by molar-refractivity contribution is -0.138. The maximum Gasteiger partial charge on any atom is 0.225 e. The Morgan fingerprint density at radius 1 is 1.25 bits per heavy atom. The standard InChI is InChI=1S/C17H27N5O2/c1-3-18-15-12-16(20-13(2)19-15)21-6-8-22(9-7-21)17(23)14-4-10-24-11-5-14/h12,14H,3-11H2,1-2H3,(H,18,19,20). The summed E-state index contributed by atoms with van der Waals surface area (Å²) in [5.41, 5.74) is 0. The van der Waals surface area contributed by atoms with Crippen LogP contribution in [0.15, 0.2) is 6.07 Å². The van der Waals surface area contributed by atoms with E-state index in [4.69, 9.17) is 4.74 Å². The van der Waals surface area contributed by atoms with Gasteiger partial charge >= 0.3 is 0 Å². The number of hydrogen-bond acceptors (Lipinski definition) is 6. The van der Waals surface area contributed by atoms with Gasteiger partial charge in [-0.25, -0.2) is 9.97 Å². The average Bonchev–Trinajstić information content (AvgIpc) is 2.62. The number of aromatic nitrogens is 2. The monoisotopic (exact) mass is 333 g/mol. The number of amides is 1. The van der Waals surface area contributed by atoms with Gasteiger partial charge in [0.25, 0.3) is 0 Å². The lowest BCUT2D eigenvalue weighted by Crippen LogP contribution is -2.51. The molecule has 0 radical (unpaired) electrons.